The third-order valence-electron chi connectivity index (χ3n) is 5.14. The van der Waals surface area contributed by atoms with Crippen molar-refractivity contribution >= 4 is 29.4 Å². The van der Waals surface area contributed by atoms with Gasteiger partial charge in [-0.2, -0.15) is 0 Å². The van der Waals surface area contributed by atoms with Gasteiger partial charge in [-0.25, -0.2) is 4.79 Å². The van der Waals surface area contributed by atoms with E-state index in [-0.39, 0.29) is 5.91 Å². The maximum Gasteiger partial charge on any atom is 0.325 e. The Bertz CT molecular complexity index is 1030. The van der Waals surface area contributed by atoms with Gasteiger partial charge in [-0.1, -0.05) is 12.1 Å². The Kier molecular flexibility index (Phi) is 6.47. The van der Waals surface area contributed by atoms with Gasteiger partial charge in [-0.15, -0.1) is 0 Å². The molecule has 0 aromatic heterocycles. The van der Waals surface area contributed by atoms with E-state index in [2.05, 4.69) is 10.6 Å². The minimum Gasteiger partial charge on any atom is -0.494 e. The lowest BCUT2D eigenvalue weighted by Gasteiger charge is -2.22. The molecule has 1 saturated heterocycles. The average molecular weight is 438 g/mol. The molecule has 1 atom stereocenters. The third-order valence-corrected chi connectivity index (χ3v) is 5.14. The Hall–Kier alpha value is -3.88. The predicted octanol–water partition coefficient (Wildman–Crippen LogP) is 2.19. The zero-order valence-electron chi connectivity index (χ0n) is 18.5. The minimum atomic E-state index is -1.28. The van der Waals surface area contributed by atoms with Gasteiger partial charge in [0.05, 0.1) is 6.61 Å². The molecule has 32 heavy (non-hydrogen) atoms. The monoisotopic (exact) mass is 438 g/mol. The highest BCUT2D eigenvalue weighted by Crippen LogP contribution is 2.30. The number of carbonyl (C=O) groups is 4. The molecule has 1 aliphatic heterocycles. The summed E-state index contributed by atoms with van der Waals surface area (Å²) in [6.45, 7) is 3.55. The highest BCUT2D eigenvalue weighted by molar-refractivity contribution is 6.10. The lowest BCUT2D eigenvalue weighted by Crippen LogP contribution is -2.42. The number of urea groups is 1. The van der Waals surface area contributed by atoms with Crippen LogP contribution < -0.4 is 15.4 Å². The van der Waals surface area contributed by atoms with E-state index >= 15 is 0 Å². The number of imide groups is 1. The summed E-state index contributed by atoms with van der Waals surface area (Å²) < 4.78 is 5.41. The molecule has 0 aliphatic carbocycles. The number of benzene rings is 2. The van der Waals surface area contributed by atoms with E-state index in [1.165, 1.54) is 4.90 Å². The maximum absolute atomic E-state index is 13.0. The number of hydrogen-bond acceptors (Lipinski definition) is 5. The maximum atomic E-state index is 13.0. The summed E-state index contributed by atoms with van der Waals surface area (Å²) in [5.41, 5.74) is 0.235. The van der Waals surface area contributed by atoms with E-state index in [1.807, 2.05) is 6.92 Å². The van der Waals surface area contributed by atoms with Crippen molar-refractivity contribution in [2.24, 2.45) is 0 Å². The number of nitrogens with zero attached hydrogens (tertiary/aromatic N) is 2. The molecule has 1 heterocycles. The minimum absolute atomic E-state index is 0.157. The number of hydrogen-bond donors (Lipinski definition) is 2. The van der Waals surface area contributed by atoms with Crippen LogP contribution in [0.25, 0.3) is 0 Å². The van der Waals surface area contributed by atoms with Gasteiger partial charge in [-0.3, -0.25) is 19.3 Å². The van der Waals surface area contributed by atoms with Crippen molar-refractivity contribution in [2.75, 3.05) is 32.6 Å². The van der Waals surface area contributed by atoms with E-state index in [0.717, 1.165) is 4.90 Å². The molecule has 2 aromatic carbocycles. The zero-order chi connectivity index (χ0) is 23.5. The first-order valence-electron chi connectivity index (χ1n) is 10.1. The summed E-state index contributed by atoms with van der Waals surface area (Å²) in [5.74, 6) is -0.549. The van der Waals surface area contributed by atoms with E-state index in [4.69, 9.17) is 4.74 Å². The van der Waals surface area contributed by atoms with Crippen LogP contribution in [0.1, 0.15) is 29.8 Å². The van der Waals surface area contributed by atoms with Gasteiger partial charge < -0.3 is 20.3 Å². The number of nitrogens with one attached hydrogen (secondary N) is 2. The molecule has 2 aromatic rings. The number of rotatable bonds is 7. The van der Waals surface area contributed by atoms with Crippen LogP contribution in [0.3, 0.4) is 0 Å². The van der Waals surface area contributed by atoms with Crippen LogP contribution in [0, 0.1) is 0 Å². The normalized spacial score (nSPS) is 17.7. The van der Waals surface area contributed by atoms with Crippen LogP contribution in [0.2, 0.25) is 0 Å². The molecule has 168 valence electrons. The average Bonchev–Trinajstić information content (AvgIpc) is 2.98. The molecule has 9 nitrogen and oxygen atoms in total. The molecule has 1 aliphatic rings. The molecule has 0 spiro atoms. The quantitative estimate of drug-likeness (QED) is 0.645. The third kappa shape index (κ3) is 4.56. The van der Waals surface area contributed by atoms with Crippen molar-refractivity contribution in [1.82, 2.24) is 15.1 Å². The second-order valence-corrected chi connectivity index (χ2v) is 7.73. The van der Waals surface area contributed by atoms with Gasteiger partial charge in [0.2, 0.25) is 5.91 Å². The van der Waals surface area contributed by atoms with Crippen LogP contribution in [-0.4, -0.2) is 60.8 Å². The molecule has 9 heteroatoms. The van der Waals surface area contributed by atoms with E-state index in [0.29, 0.717) is 29.2 Å². The van der Waals surface area contributed by atoms with Crippen LogP contribution in [0.4, 0.5) is 10.5 Å². The first kappa shape index (κ1) is 22.8. The number of carbonyl (C=O) groups excluding carboxylic acids is 4. The first-order chi connectivity index (χ1) is 15.2. The molecule has 3 rings (SSSR count). The topological polar surface area (TPSA) is 108 Å². The second-order valence-electron chi connectivity index (χ2n) is 7.73. The van der Waals surface area contributed by atoms with Crippen LogP contribution in [-0.2, 0) is 15.1 Å². The summed E-state index contributed by atoms with van der Waals surface area (Å²) in [5, 5.41) is 5.31. The Morgan fingerprint density at radius 3 is 2.25 bits per heavy atom. The molecular weight excluding hydrogens is 412 g/mol. The summed E-state index contributed by atoms with van der Waals surface area (Å²) in [4.78, 5) is 52.2. The fraction of sp³-hybridized carbons (Fsp3) is 0.304. The number of anilines is 1. The van der Waals surface area contributed by atoms with E-state index in [1.54, 1.807) is 69.6 Å². The zero-order valence-corrected chi connectivity index (χ0v) is 18.5. The van der Waals surface area contributed by atoms with Crippen molar-refractivity contribution in [2.45, 2.75) is 19.4 Å². The second kappa shape index (κ2) is 9.09. The molecular formula is C23H26N4O5. The summed E-state index contributed by atoms with van der Waals surface area (Å²) in [6.07, 6.45) is 0. The lowest BCUT2D eigenvalue weighted by molar-refractivity contribution is -0.133. The largest absolute Gasteiger partial charge is 0.494 e. The van der Waals surface area contributed by atoms with Crippen LogP contribution in [0.5, 0.6) is 5.75 Å². The van der Waals surface area contributed by atoms with Gasteiger partial charge in [-0.05, 0) is 55.8 Å². The van der Waals surface area contributed by atoms with Crippen molar-refractivity contribution < 1.29 is 23.9 Å². The van der Waals surface area contributed by atoms with Crippen molar-refractivity contribution in [3.63, 3.8) is 0 Å². The van der Waals surface area contributed by atoms with Gasteiger partial charge in [0, 0.05) is 25.3 Å². The summed E-state index contributed by atoms with van der Waals surface area (Å²) >= 11 is 0. The van der Waals surface area contributed by atoms with E-state index in [9.17, 15) is 19.2 Å². The highest BCUT2D eigenvalue weighted by atomic mass is 16.5. The Morgan fingerprint density at radius 1 is 1.06 bits per heavy atom. The molecule has 0 unspecified atom stereocenters. The van der Waals surface area contributed by atoms with Crippen LogP contribution in [0.15, 0.2) is 48.5 Å². The van der Waals surface area contributed by atoms with E-state index < -0.39 is 29.9 Å². The van der Waals surface area contributed by atoms with Gasteiger partial charge >= 0.3 is 6.03 Å². The standard InChI is InChI=1S/C23H26N4O5/c1-5-32-18-12-8-16(9-13-18)23(2)21(30)27(22(31)25-23)14-19(28)24-17-10-6-15(7-11-17)20(29)26(3)4/h6-13H,5,14H2,1-4H3,(H,24,28)(H,25,31)/t23-/m1/s1. The Labute approximate surface area is 186 Å². The fourth-order valence-corrected chi connectivity index (χ4v) is 3.39. The lowest BCUT2D eigenvalue weighted by atomic mass is 9.92. The number of ether oxygens (including phenoxy) is 1. The Morgan fingerprint density at radius 2 is 1.69 bits per heavy atom. The molecule has 0 saturated carbocycles. The molecule has 2 N–H and O–H groups in total. The van der Waals surface area contributed by atoms with Gasteiger partial charge in [0.1, 0.15) is 17.8 Å². The van der Waals surface area contributed by atoms with Crippen molar-refractivity contribution in [3.8, 4) is 5.75 Å². The smallest absolute Gasteiger partial charge is 0.325 e. The van der Waals surface area contributed by atoms with Crippen molar-refractivity contribution in [3.05, 3.63) is 59.7 Å². The Balaban J connectivity index is 1.67. The summed E-state index contributed by atoms with van der Waals surface area (Å²) in [6, 6.07) is 12.6. The van der Waals surface area contributed by atoms with Gasteiger partial charge in [0.25, 0.3) is 11.8 Å². The van der Waals surface area contributed by atoms with Gasteiger partial charge in [0.15, 0.2) is 0 Å². The molecule has 5 amide bonds. The summed E-state index contributed by atoms with van der Waals surface area (Å²) in [7, 11) is 3.30. The molecule has 0 bridgehead atoms. The highest BCUT2D eigenvalue weighted by Gasteiger charge is 2.49. The predicted molar refractivity (Wildman–Crippen MR) is 118 cm³/mol. The SMILES string of the molecule is CCOc1ccc([C@@]2(C)NC(=O)N(CC(=O)Nc3ccc(C(=O)N(C)C)cc3)C2=O)cc1. The van der Waals surface area contributed by atoms with Crippen LogP contribution >= 0.6 is 0 Å². The van der Waals surface area contributed by atoms with Crippen molar-refractivity contribution in [1.29, 1.82) is 0 Å². The fourth-order valence-electron chi connectivity index (χ4n) is 3.39. The molecule has 0 radical (unpaired) electrons. The first-order valence-corrected chi connectivity index (χ1v) is 10.1. The molecule has 1 fully saturated rings. The number of amides is 5.